The van der Waals surface area contributed by atoms with E-state index >= 15 is 0 Å². The van der Waals surface area contributed by atoms with Crippen LogP contribution >= 0.6 is 11.3 Å². The maximum atomic E-state index is 12.4. The standard InChI is InChI=1S/C18H21N5O2S/c1-2-3-10-16-21-22-18(26-16)20-15(24)9-6-11-23-12-19-14-8-5-4-7-13(14)17(23)25/h4-5,7-8,12H,2-3,6,9-11H2,1H3,(H,20,22,24). The molecule has 1 N–H and O–H groups in total. The Hall–Kier alpha value is -2.61. The van der Waals surface area contributed by atoms with E-state index < -0.39 is 0 Å². The summed E-state index contributed by atoms with van der Waals surface area (Å²) in [7, 11) is 0. The number of anilines is 1. The van der Waals surface area contributed by atoms with Crippen LogP contribution in [0.1, 0.15) is 37.6 Å². The molecule has 3 rings (SSSR count). The summed E-state index contributed by atoms with van der Waals surface area (Å²) in [5.41, 5.74) is 0.599. The van der Waals surface area contributed by atoms with Crippen molar-refractivity contribution in [2.24, 2.45) is 0 Å². The maximum absolute atomic E-state index is 12.4. The van der Waals surface area contributed by atoms with Gasteiger partial charge < -0.3 is 5.32 Å². The van der Waals surface area contributed by atoms with Crippen LogP contribution in [-0.4, -0.2) is 25.7 Å². The molecule has 0 saturated heterocycles. The fraction of sp³-hybridized carbons (Fsp3) is 0.389. The van der Waals surface area contributed by atoms with Gasteiger partial charge >= 0.3 is 0 Å². The number of hydrogen-bond donors (Lipinski definition) is 1. The number of rotatable bonds is 8. The fourth-order valence-electron chi connectivity index (χ4n) is 2.59. The number of nitrogens with zero attached hydrogens (tertiary/aromatic N) is 4. The van der Waals surface area contributed by atoms with Gasteiger partial charge in [0.15, 0.2) is 0 Å². The van der Waals surface area contributed by atoms with Gasteiger partial charge in [-0.1, -0.05) is 36.8 Å². The molecule has 0 saturated carbocycles. The first kappa shape index (κ1) is 18.2. The lowest BCUT2D eigenvalue weighted by Crippen LogP contribution is -2.21. The zero-order valence-corrected chi connectivity index (χ0v) is 15.5. The van der Waals surface area contributed by atoms with Crippen molar-refractivity contribution in [3.05, 3.63) is 46.0 Å². The highest BCUT2D eigenvalue weighted by Crippen LogP contribution is 2.17. The Bertz CT molecular complexity index is 950. The highest BCUT2D eigenvalue weighted by molar-refractivity contribution is 7.15. The first-order valence-corrected chi connectivity index (χ1v) is 9.55. The Morgan fingerprint density at radius 2 is 2.08 bits per heavy atom. The molecule has 2 aromatic heterocycles. The monoisotopic (exact) mass is 371 g/mol. The Morgan fingerprint density at radius 1 is 1.23 bits per heavy atom. The minimum atomic E-state index is -0.120. The van der Waals surface area contributed by atoms with Crippen LogP contribution in [0.4, 0.5) is 5.13 Å². The normalized spacial score (nSPS) is 11.0. The lowest BCUT2D eigenvalue weighted by molar-refractivity contribution is -0.116. The van der Waals surface area contributed by atoms with Crippen LogP contribution in [-0.2, 0) is 17.8 Å². The Labute approximate surface area is 155 Å². The van der Waals surface area contributed by atoms with E-state index in [0.29, 0.717) is 35.4 Å². The van der Waals surface area contributed by atoms with Crippen LogP contribution in [0.2, 0.25) is 0 Å². The van der Waals surface area contributed by atoms with Crippen molar-refractivity contribution < 1.29 is 4.79 Å². The van der Waals surface area contributed by atoms with Gasteiger partial charge in [-0.2, -0.15) is 0 Å². The zero-order chi connectivity index (χ0) is 18.4. The Morgan fingerprint density at radius 3 is 2.92 bits per heavy atom. The molecule has 0 radical (unpaired) electrons. The average Bonchev–Trinajstić information content (AvgIpc) is 3.09. The molecule has 0 bridgehead atoms. The molecule has 0 fully saturated rings. The molecule has 26 heavy (non-hydrogen) atoms. The lowest BCUT2D eigenvalue weighted by Gasteiger charge is -2.06. The van der Waals surface area contributed by atoms with E-state index in [-0.39, 0.29) is 11.5 Å². The van der Waals surface area contributed by atoms with Crippen LogP contribution in [0.15, 0.2) is 35.4 Å². The highest BCUT2D eigenvalue weighted by atomic mass is 32.1. The lowest BCUT2D eigenvalue weighted by atomic mass is 10.2. The number of aryl methyl sites for hydroxylation is 2. The number of hydrogen-bond acceptors (Lipinski definition) is 6. The van der Waals surface area contributed by atoms with E-state index in [4.69, 9.17) is 0 Å². The van der Waals surface area contributed by atoms with Crippen molar-refractivity contribution in [1.29, 1.82) is 0 Å². The van der Waals surface area contributed by atoms with Gasteiger partial charge in [-0.15, -0.1) is 10.2 Å². The van der Waals surface area contributed by atoms with Crippen LogP contribution in [0.5, 0.6) is 0 Å². The molecule has 1 aromatic carbocycles. The third kappa shape index (κ3) is 4.51. The van der Waals surface area contributed by atoms with Gasteiger partial charge in [0.2, 0.25) is 11.0 Å². The summed E-state index contributed by atoms with van der Waals surface area (Å²) in [6, 6.07) is 7.25. The number of benzene rings is 1. The van der Waals surface area contributed by atoms with Gasteiger partial charge in [0.1, 0.15) is 5.01 Å². The van der Waals surface area contributed by atoms with E-state index in [0.717, 1.165) is 24.3 Å². The molecular formula is C18H21N5O2S. The van der Waals surface area contributed by atoms with E-state index in [1.807, 2.05) is 18.2 Å². The molecule has 2 heterocycles. The summed E-state index contributed by atoms with van der Waals surface area (Å²) in [6.45, 7) is 2.57. The van der Waals surface area contributed by atoms with Crippen LogP contribution in [0, 0.1) is 0 Å². The van der Waals surface area contributed by atoms with E-state index in [2.05, 4.69) is 27.4 Å². The molecule has 3 aromatic rings. The highest BCUT2D eigenvalue weighted by Gasteiger charge is 2.09. The Kier molecular flexibility index (Phi) is 6.06. The summed E-state index contributed by atoms with van der Waals surface area (Å²) in [5.74, 6) is -0.120. The molecule has 136 valence electrons. The number of amides is 1. The van der Waals surface area contributed by atoms with Crippen molar-refractivity contribution in [1.82, 2.24) is 19.7 Å². The third-order valence-corrected chi connectivity index (χ3v) is 4.89. The molecule has 1 amide bonds. The van der Waals surface area contributed by atoms with Gasteiger partial charge in [-0.3, -0.25) is 14.2 Å². The van der Waals surface area contributed by atoms with Crippen LogP contribution in [0.25, 0.3) is 10.9 Å². The predicted octanol–water partition coefficient (Wildman–Crippen LogP) is 3.01. The SMILES string of the molecule is CCCCc1nnc(NC(=O)CCCn2cnc3ccccc3c2=O)s1. The maximum Gasteiger partial charge on any atom is 0.261 e. The second-order valence-electron chi connectivity index (χ2n) is 6.02. The van der Waals surface area contributed by atoms with Crippen molar-refractivity contribution in [2.75, 3.05) is 5.32 Å². The summed E-state index contributed by atoms with van der Waals surface area (Å²) in [4.78, 5) is 28.7. The first-order valence-electron chi connectivity index (χ1n) is 8.74. The molecule has 7 nitrogen and oxygen atoms in total. The van der Waals surface area contributed by atoms with E-state index in [1.54, 1.807) is 10.6 Å². The van der Waals surface area contributed by atoms with Gasteiger partial charge in [-0.25, -0.2) is 4.98 Å². The molecule has 0 spiro atoms. The Balaban J connectivity index is 1.51. The second-order valence-corrected chi connectivity index (χ2v) is 7.08. The van der Waals surface area contributed by atoms with Gasteiger partial charge in [0.25, 0.3) is 5.56 Å². The molecule has 0 aliphatic heterocycles. The molecular weight excluding hydrogens is 350 g/mol. The molecule has 0 unspecified atom stereocenters. The molecule has 0 aliphatic carbocycles. The summed E-state index contributed by atoms with van der Waals surface area (Å²) in [6.07, 6.45) is 5.45. The van der Waals surface area contributed by atoms with Crippen molar-refractivity contribution >= 4 is 33.3 Å². The molecule has 8 heteroatoms. The topological polar surface area (TPSA) is 89.8 Å². The average molecular weight is 371 g/mol. The number of unbranched alkanes of at least 4 members (excludes halogenated alkanes) is 1. The fourth-order valence-corrected chi connectivity index (χ4v) is 3.39. The number of carbonyl (C=O) groups is 1. The smallest absolute Gasteiger partial charge is 0.261 e. The van der Waals surface area contributed by atoms with Crippen LogP contribution < -0.4 is 10.9 Å². The van der Waals surface area contributed by atoms with E-state index in [1.165, 1.54) is 17.7 Å². The first-order chi connectivity index (χ1) is 12.7. The number of aromatic nitrogens is 4. The predicted molar refractivity (Wildman–Crippen MR) is 102 cm³/mol. The minimum absolute atomic E-state index is 0.0827. The third-order valence-electron chi connectivity index (χ3n) is 3.99. The van der Waals surface area contributed by atoms with Crippen molar-refractivity contribution in [2.45, 2.75) is 45.6 Å². The largest absolute Gasteiger partial charge is 0.301 e. The molecule has 0 atom stereocenters. The van der Waals surface area contributed by atoms with E-state index in [9.17, 15) is 9.59 Å². The number of para-hydroxylation sites is 1. The van der Waals surface area contributed by atoms with Crippen molar-refractivity contribution in [3.8, 4) is 0 Å². The van der Waals surface area contributed by atoms with Crippen molar-refractivity contribution in [3.63, 3.8) is 0 Å². The number of nitrogens with one attached hydrogen (secondary N) is 1. The number of fused-ring (bicyclic) bond motifs is 1. The molecule has 0 aliphatic rings. The minimum Gasteiger partial charge on any atom is -0.301 e. The van der Waals surface area contributed by atoms with Gasteiger partial charge in [0.05, 0.1) is 17.2 Å². The van der Waals surface area contributed by atoms with Gasteiger partial charge in [-0.05, 0) is 25.0 Å². The number of carbonyl (C=O) groups excluding carboxylic acids is 1. The zero-order valence-electron chi connectivity index (χ0n) is 14.6. The quantitative estimate of drug-likeness (QED) is 0.657. The summed E-state index contributed by atoms with van der Waals surface area (Å²) >= 11 is 1.42. The van der Waals surface area contributed by atoms with Gasteiger partial charge in [0, 0.05) is 19.4 Å². The summed E-state index contributed by atoms with van der Waals surface area (Å²) < 4.78 is 1.55. The van der Waals surface area contributed by atoms with Crippen LogP contribution in [0.3, 0.4) is 0 Å². The second kappa shape index (κ2) is 8.66. The summed E-state index contributed by atoms with van der Waals surface area (Å²) in [5, 5.41) is 12.9.